The van der Waals surface area contributed by atoms with Crippen molar-refractivity contribution in [2.75, 3.05) is 19.8 Å². The number of fused-ring (bicyclic) bond motifs is 4. The number of aliphatic hydroxyl groups excluding tert-OH is 1. The summed E-state index contributed by atoms with van der Waals surface area (Å²) < 4.78 is 40.9. The highest BCUT2D eigenvalue weighted by Crippen LogP contribution is 2.45. The Labute approximate surface area is 265 Å². The quantitative estimate of drug-likeness (QED) is 0.145. The third-order valence-electron chi connectivity index (χ3n) is 8.68. The van der Waals surface area contributed by atoms with Gasteiger partial charge < -0.3 is 25.6 Å². The monoisotopic (exact) mass is 634 g/mol. The summed E-state index contributed by atoms with van der Waals surface area (Å²) in [6.45, 7) is 9.45. The summed E-state index contributed by atoms with van der Waals surface area (Å²) in [5.41, 5.74) is 13.0. The van der Waals surface area contributed by atoms with Gasteiger partial charge in [-0.3, -0.25) is 4.99 Å². The van der Waals surface area contributed by atoms with Gasteiger partial charge in [-0.15, -0.1) is 0 Å². The lowest BCUT2D eigenvalue weighted by Gasteiger charge is -2.19. The van der Waals surface area contributed by atoms with Gasteiger partial charge >= 0.3 is 6.09 Å². The Morgan fingerprint density at radius 2 is 1.69 bits per heavy atom. The molecule has 1 aliphatic heterocycles. The largest absolute Gasteiger partial charge is 0.487 e. The van der Waals surface area contributed by atoms with Gasteiger partial charge in [0, 0.05) is 24.4 Å². The fourth-order valence-electron chi connectivity index (χ4n) is 6.42. The van der Waals surface area contributed by atoms with Crippen molar-refractivity contribution in [3.8, 4) is 16.9 Å². The van der Waals surface area contributed by atoms with Crippen molar-refractivity contribution in [3.05, 3.63) is 81.9 Å². The number of sulfonamides is 1. The molecule has 0 bridgehead atoms. The second-order valence-electron chi connectivity index (χ2n) is 12.4. The highest BCUT2D eigenvalue weighted by Gasteiger charge is 2.37. The minimum atomic E-state index is -4.00. The number of carbonyl (C=O) groups is 1. The Hall–Kier alpha value is -4.09. The Morgan fingerprint density at radius 1 is 1.07 bits per heavy atom. The first-order valence-corrected chi connectivity index (χ1v) is 16.7. The number of hydrogen-bond donors (Lipinski definition) is 4. The van der Waals surface area contributed by atoms with Gasteiger partial charge in [0.25, 0.3) is 10.0 Å². The Morgan fingerprint density at radius 3 is 2.31 bits per heavy atom. The predicted molar refractivity (Wildman–Crippen MR) is 174 cm³/mol. The summed E-state index contributed by atoms with van der Waals surface area (Å²) in [6.07, 6.45) is 0.829. The summed E-state index contributed by atoms with van der Waals surface area (Å²) in [6, 6.07) is 15.6. The lowest BCUT2D eigenvalue weighted by atomic mass is 9.94. The third kappa shape index (κ3) is 6.64. The van der Waals surface area contributed by atoms with E-state index in [1.807, 2.05) is 45.0 Å². The van der Waals surface area contributed by atoms with Gasteiger partial charge in [-0.1, -0.05) is 48.5 Å². The molecule has 11 heteroatoms. The number of aliphatic imine (C=N–C) groups is 1. The number of benzene rings is 3. The lowest BCUT2D eigenvalue weighted by Crippen LogP contribution is -2.39. The van der Waals surface area contributed by atoms with E-state index in [0.717, 1.165) is 39.1 Å². The number of carbonyl (C=O) groups excluding carboxylic acids is 1. The van der Waals surface area contributed by atoms with Crippen molar-refractivity contribution in [2.45, 2.75) is 76.3 Å². The van der Waals surface area contributed by atoms with E-state index in [9.17, 15) is 18.3 Å². The number of guanidine groups is 1. The van der Waals surface area contributed by atoms with Gasteiger partial charge in [0.15, 0.2) is 0 Å². The van der Waals surface area contributed by atoms with E-state index in [0.29, 0.717) is 30.4 Å². The standard InChI is InChI=1S/C34H42N4O6S/c1-20-21(2)31(22(3)28-17-34(4,5)44-30(20)28)45(41,42)38-32(35)36-16-10-11-23(18-39)37-33(40)43-19-29-26-14-8-6-12-24(26)25-13-7-9-15-27(25)29/h6-9,12-15,23,29,39H,10-11,16-19H2,1-5H3,(H,37,40)(H3,35,36,38)/t23-/m0/s1. The Kier molecular flexibility index (Phi) is 9.14. The molecule has 0 saturated heterocycles. The van der Waals surface area contributed by atoms with E-state index < -0.39 is 27.8 Å². The minimum absolute atomic E-state index is 0.0645. The summed E-state index contributed by atoms with van der Waals surface area (Å²) >= 11 is 0. The molecule has 5 N–H and O–H groups in total. The van der Waals surface area contributed by atoms with Crippen molar-refractivity contribution in [1.82, 2.24) is 10.0 Å². The molecular weight excluding hydrogens is 592 g/mol. The molecule has 5 rings (SSSR count). The molecule has 10 nitrogen and oxygen atoms in total. The molecular formula is C34H42N4O6S. The maximum Gasteiger partial charge on any atom is 0.407 e. The zero-order valence-corrected chi connectivity index (χ0v) is 27.3. The molecule has 0 saturated carbocycles. The van der Waals surface area contributed by atoms with Gasteiger partial charge in [-0.05, 0) is 86.4 Å². The maximum absolute atomic E-state index is 13.4. The van der Waals surface area contributed by atoms with Gasteiger partial charge in [0.05, 0.1) is 17.5 Å². The fourth-order valence-corrected chi connectivity index (χ4v) is 7.95. The van der Waals surface area contributed by atoms with Crippen molar-refractivity contribution >= 4 is 22.1 Å². The SMILES string of the molecule is Cc1c(C)c(S(=O)(=O)NC(N)=NCCC[C@@H](CO)NC(=O)OCC2c3ccccc3-c3ccccc32)c(C)c2c1OC(C)(C)C2. The summed E-state index contributed by atoms with van der Waals surface area (Å²) in [5, 5.41) is 12.6. The molecule has 3 aromatic rings. The number of ether oxygens (including phenoxy) is 2. The molecule has 0 spiro atoms. The van der Waals surface area contributed by atoms with Gasteiger partial charge in [-0.2, -0.15) is 0 Å². The number of aliphatic hydroxyl groups is 1. The van der Waals surface area contributed by atoms with Crippen LogP contribution in [0.25, 0.3) is 11.1 Å². The zero-order chi connectivity index (χ0) is 32.5. The molecule has 3 aromatic carbocycles. The van der Waals surface area contributed by atoms with E-state index in [2.05, 4.69) is 39.3 Å². The van der Waals surface area contributed by atoms with Crippen LogP contribution in [0, 0.1) is 20.8 Å². The van der Waals surface area contributed by atoms with E-state index in [1.165, 1.54) is 0 Å². The third-order valence-corrected chi connectivity index (χ3v) is 10.3. The van der Waals surface area contributed by atoms with Gasteiger partial charge in [0.2, 0.25) is 5.96 Å². The number of alkyl carbamates (subject to hydrolysis) is 1. The van der Waals surface area contributed by atoms with Crippen molar-refractivity contribution in [1.29, 1.82) is 0 Å². The average Bonchev–Trinajstić information content (AvgIpc) is 3.50. The van der Waals surface area contributed by atoms with Gasteiger partial charge in [-0.25, -0.2) is 17.9 Å². The van der Waals surface area contributed by atoms with Crippen molar-refractivity contribution < 1.29 is 27.8 Å². The van der Waals surface area contributed by atoms with Crippen LogP contribution in [0.4, 0.5) is 4.79 Å². The number of hydrogen-bond acceptors (Lipinski definition) is 7. The van der Waals surface area contributed by atoms with Crippen LogP contribution in [-0.4, -0.2) is 57.0 Å². The Balaban J connectivity index is 1.13. The minimum Gasteiger partial charge on any atom is -0.487 e. The zero-order valence-electron chi connectivity index (χ0n) is 26.4. The number of amides is 1. The molecule has 0 aromatic heterocycles. The summed E-state index contributed by atoms with van der Waals surface area (Å²) in [7, 11) is -4.00. The second-order valence-corrected chi connectivity index (χ2v) is 14.0. The Bertz CT molecular complexity index is 1710. The molecule has 0 unspecified atom stereocenters. The van der Waals surface area contributed by atoms with Crippen LogP contribution in [0.1, 0.15) is 66.0 Å². The smallest absolute Gasteiger partial charge is 0.407 e. The lowest BCUT2D eigenvalue weighted by molar-refractivity contribution is 0.131. The predicted octanol–water partition coefficient (Wildman–Crippen LogP) is 4.60. The van der Waals surface area contributed by atoms with Crippen molar-refractivity contribution in [2.24, 2.45) is 10.7 Å². The molecule has 45 heavy (non-hydrogen) atoms. The first-order valence-electron chi connectivity index (χ1n) is 15.2. The highest BCUT2D eigenvalue weighted by molar-refractivity contribution is 7.90. The molecule has 1 amide bonds. The van der Waals surface area contributed by atoms with Crippen LogP contribution in [0.2, 0.25) is 0 Å². The highest BCUT2D eigenvalue weighted by atomic mass is 32.2. The number of nitrogens with two attached hydrogens (primary N) is 1. The number of nitrogens with one attached hydrogen (secondary N) is 2. The topological polar surface area (TPSA) is 152 Å². The van der Waals surface area contributed by atoms with Crippen LogP contribution in [-0.2, 0) is 21.2 Å². The second kappa shape index (κ2) is 12.7. The molecule has 1 heterocycles. The first kappa shape index (κ1) is 32.3. The average molecular weight is 635 g/mol. The number of nitrogens with zero attached hydrogens (tertiary/aromatic N) is 1. The van der Waals surface area contributed by atoms with Gasteiger partial charge in [0.1, 0.15) is 18.0 Å². The molecule has 1 atom stereocenters. The molecule has 2 aliphatic rings. The van der Waals surface area contributed by atoms with Crippen LogP contribution < -0.4 is 20.5 Å². The van der Waals surface area contributed by atoms with E-state index >= 15 is 0 Å². The molecule has 240 valence electrons. The van der Waals surface area contributed by atoms with Crippen LogP contribution in [0.3, 0.4) is 0 Å². The van der Waals surface area contributed by atoms with E-state index in [1.54, 1.807) is 13.8 Å². The molecule has 0 radical (unpaired) electrons. The molecule has 0 fully saturated rings. The van der Waals surface area contributed by atoms with Crippen LogP contribution in [0.5, 0.6) is 5.75 Å². The fraction of sp³-hybridized carbons (Fsp3) is 0.412. The normalized spacial score (nSPS) is 15.9. The molecule has 1 aliphatic carbocycles. The van der Waals surface area contributed by atoms with Crippen molar-refractivity contribution in [3.63, 3.8) is 0 Å². The van der Waals surface area contributed by atoms with Crippen LogP contribution in [0.15, 0.2) is 58.4 Å². The van der Waals surface area contributed by atoms with E-state index in [4.69, 9.17) is 15.2 Å². The number of rotatable bonds is 10. The van der Waals surface area contributed by atoms with E-state index in [-0.39, 0.29) is 36.5 Å². The summed E-state index contributed by atoms with van der Waals surface area (Å²) in [5.74, 6) is 0.458. The summed E-state index contributed by atoms with van der Waals surface area (Å²) in [4.78, 5) is 17.0. The maximum atomic E-state index is 13.4. The first-order chi connectivity index (χ1) is 21.3. The van der Waals surface area contributed by atoms with Crippen LogP contribution >= 0.6 is 0 Å².